The van der Waals surface area contributed by atoms with Gasteiger partial charge in [-0.25, -0.2) is 4.79 Å². The lowest BCUT2D eigenvalue weighted by molar-refractivity contribution is -0.136. The molecule has 2 atom stereocenters. The highest BCUT2D eigenvalue weighted by Crippen LogP contribution is 2.36. The second-order valence-corrected chi connectivity index (χ2v) is 8.48. The van der Waals surface area contributed by atoms with Crippen molar-refractivity contribution in [3.8, 4) is 28.7 Å². The van der Waals surface area contributed by atoms with Gasteiger partial charge in [0.2, 0.25) is 0 Å². The van der Waals surface area contributed by atoms with Crippen molar-refractivity contribution in [2.75, 3.05) is 33.5 Å². The Morgan fingerprint density at radius 3 is 2.17 bits per heavy atom. The molecule has 0 aliphatic rings. The van der Waals surface area contributed by atoms with E-state index >= 15 is 0 Å². The number of carbonyl (C=O) groups is 1. The van der Waals surface area contributed by atoms with Crippen molar-refractivity contribution in [1.82, 2.24) is 0 Å². The summed E-state index contributed by atoms with van der Waals surface area (Å²) in [5.74, 6) is 1.55. The van der Waals surface area contributed by atoms with Crippen molar-refractivity contribution in [2.24, 2.45) is 5.73 Å². The maximum atomic E-state index is 12.9. The van der Waals surface area contributed by atoms with Crippen LogP contribution in [0, 0.1) is 0 Å². The van der Waals surface area contributed by atoms with Crippen molar-refractivity contribution >= 4 is 22.8 Å². The number of nitrogens with two attached hydrogens (primary N) is 1. The number of esters is 1. The summed E-state index contributed by atoms with van der Waals surface area (Å²) < 4.78 is 40.5. The van der Waals surface area contributed by atoms with Crippen LogP contribution in [0.2, 0.25) is 0 Å². The highest BCUT2D eigenvalue weighted by Gasteiger charge is 2.18. The fourth-order valence-electron chi connectivity index (χ4n) is 3.05. The van der Waals surface area contributed by atoms with E-state index in [1.54, 1.807) is 41.8 Å². The summed E-state index contributed by atoms with van der Waals surface area (Å²) in [7, 11) is 0.0190. The molecule has 2 rings (SSSR count). The smallest absolute Gasteiger partial charge is 0.330 e. The van der Waals surface area contributed by atoms with Crippen molar-refractivity contribution in [1.29, 1.82) is 0 Å². The van der Waals surface area contributed by atoms with E-state index in [0.29, 0.717) is 53.9 Å². The van der Waals surface area contributed by atoms with Gasteiger partial charge in [-0.1, -0.05) is 6.07 Å². The van der Waals surface area contributed by atoms with Gasteiger partial charge in [0.15, 0.2) is 11.5 Å². The van der Waals surface area contributed by atoms with Crippen LogP contribution in [0.25, 0.3) is 6.08 Å². The first-order chi connectivity index (χ1) is 16.9. The summed E-state index contributed by atoms with van der Waals surface area (Å²) in [5.41, 5.74) is 6.82. The first-order valence-electron chi connectivity index (χ1n) is 11.2. The molecule has 0 aliphatic carbocycles. The number of aliphatic hydroxyl groups excluding tert-OH is 1. The molecule has 35 heavy (non-hydrogen) atoms. The number of hydrogen-bond donors (Lipinski definition) is 2. The van der Waals surface area contributed by atoms with Gasteiger partial charge >= 0.3 is 5.97 Å². The molecule has 9 nitrogen and oxygen atoms in total. The van der Waals surface area contributed by atoms with Gasteiger partial charge in [-0.3, -0.25) is 4.21 Å². The Kier molecular flexibility index (Phi) is 11.5. The molecular weight excluding hydrogens is 474 g/mol. The van der Waals surface area contributed by atoms with Gasteiger partial charge in [0.1, 0.15) is 23.3 Å². The largest absolute Gasteiger partial charge is 0.494 e. The Morgan fingerprint density at radius 2 is 1.63 bits per heavy atom. The van der Waals surface area contributed by atoms with Crippen LogP contribution in [0.3, 0.4) is 0 Å². The maximum Gasteiger partial charge on any atom is 0.330 e. The van der Waals surface area contributed by atoms with E-state index in [4.69, 9.17) is 34.5 Å². The molecule has 192 valence electrons. The van der Waals surface area contributed by atoms with E-state index in [1.165, 1.54) is 7.11 Å². The maximum absolute atomic E-state index is 12.9. The summed E-state index contributed by atoms with van der Waals surface area (Å²) in [6.45, 7) is 6.48. The summed E-state index contributed by atoms with van der Waals surface area (Å²) in [6, 6.07) is 7.27. The van der Waals surface area contributed by atoms with Crippen LogP contribution >= 0.6 is 0 Å². The van der Waals surface area contributed by atoms with Crippen molar-refractivity contribution in [2.45, 2.75) is 32.6 Å². The standard InChI is InChI=1S/C25H33NO8S/c1-5-31-18-13-22(32-6-2)19(23(14-18)33-7-3)10-11-35(29)16-17-8-9-21(30-4)24(12-17)34-25(28)20(26)15-27/h8-14,20,27H,5-7,15-16,26H2,1-4H3/b11-10+/t20-,35?/m0/s1. The summed E-state index contributed by atoms with van der Waals surface area (Å²) in [5, 5.41) is 10.6. The lowest BCUT2D eigenvalue weighted by atomic mass is 10.1. The SMILES string of the molecule is CCOc1cc(OCC)c(/C=C/S(=O)Cc2ccc(OC)c(OC(=O)[C@@H](N)CO)c2)c(OCC)c1. The normalized spacial score (nSPS) is 12.7. The molecule has 0 aromatic heterocycles. The number of rotatable bonds is 14. The topological polar surface area (TPSA) is 127 Å². The van der Waals surface area contributed by atoms with Gasteiger partial charge in [-0.05, 0) is 44.5 Å². The first-order valence-corrected chi connectivity index (χ1v) is 12.6. The highest BCUT2D eigenvalue weighted by molar-refractivity contribution is 7.87. The van der Waals surface area contributed by atoms with Crippen molar-refractivity contribution < 1.29 is 37.8 Å². The third-order valence-electron chi connectivity index (χ3n) is 4.62. The Balaban J connectivity index is 2.27. The molecular formula is C25H33NO8S. The predicted molar refractivity (Wildman–Crippen MR) is 135 cm³/mol. The average molecular weight is 508 g/mol. The highest BCUT2D eigenvalue weighted by atomic mass is 32.2. The van der Waals surface area contributed by atoms with Crippen molar-refractivity contribution in [3.05, 3.63) is 46.9 Å². The number of benzene rings is 2. The zero-order chi connectivity index (χ0) is 25.8. The number of hydrogen-bond acceptors (Lipinski definition) is 9. The second kappa shape index (κ2) is 14.3. The fourth-order valence-corrected chi connectivity index (χ4v) is 3.94. The van der Waals surface area contributed by atoms with E-state index in [2.05, 4.69) is 0 Å². The minimum atomic E-state index is -1.41. The van der Waals surface area contributed by atoms with E-state index in [9.17, 15) is 9.00 Å². The molecule has 10 heteroatoms. The molecule has 0 saturated heterocycles. The molecule has 2 aromatic carbocycles. The molecule has 0 aliphatic heterocycles. The monoisotopic (exact) mass is 507 g/mol. The quantitative estimate of drug-likeness (QED) is 0.293. The molecule has 0 saturated carbocycles. The molecule has 0 spiro atoms. The molecule has 0 amide bonds. The zero-order valence-electron chi connectivity index (χ0n) is 20.4. The average Bonchev–Trinajstić information content (AvgIpc) is 2.83. The number of aliphatic hydroxyl groups is 1. The summed E-state index contributed by atoms with van der Waals surface area (Å²) in [4.78, 5) is 12.0. The van der Waals surface area contributed by atoms with Gasteiger partial charge in [0.05, 0.1) is 55.7 Å². The van der Waals surface area contributed by atoms with Gasteiger partial charge in [0.25, 0.3) is 0 Å². The van der Waals surface area contributed by atoms with Crippen LogP contribution in [0.15, 0.2) is 35.7 Å². The molecule has 0 fully saturated rings. The molecule has 0 radical (unpaired) electrons. The van der Waals surface area contributed by atoms with E-state index in [1.807, 2.05) is 20.8 Å². The van der Waals surface area contributed by atoms with Crippen LogP contribution in [-0.4, -0.2) is 54.9 Å². The van der Waals surface area contributed by atoms with Crippen LogP contribution in [0.1, 0.15) is 31.9 Å². The minimum absolute atomic E-state index is 0.128. The molecule has 3 N–H and O–H groups in total. The van der Waals surface area contributed by atoms with Gasteiger partial charge in [-0.15, -0.1) is 0 Å². The van der Waals surface area contributed by atoms with Gasteiger partial charge < -0.3 is 34.5 Å². The molecule has 1 unspecified atom stereocenters. The fraction of sp³-hybridized carbons (Fsp3) is 0.400. The lowest BCUT2D eigenvalue weighted by Gasteiger charge is -2.15. The third-order valence-corrected chi connectivity index (χ3v) is 5.68. The predicted octanol–water partition coefficient (Wildman–Crippen LogP) is 3.04. The van der Waals surface area contributed by atoms with Crippen LogP contribution < -0.4 is 29.4 Å². The number of methoxy groups -OCH3 is 1. The van der Waals surface area contributed by atoms with Crippen molar-refractivity contribution in [3.63, 3.8) is 0 Å². The zero-order valence-corrected chi connectivity index (χ0v) is 21.3. The third kappa shape index (κ3) is 8.27. The van der Waals surface area contributed by atoms with Crippen LogP contribution in [-0.2, 0) is 21.3 Å². The van der Waals surface area contributed by atoms with E-state index in [0.717, 1.165) is 0 Å². The lowest BCUT2D eigenvalue weighted by Crippen LogP contribution is -2.37. The summed E-state index contributed by atoms with van der Waals surface area (Å²) >= 11 is 0. The minimum Gasteiger partial charge on any atom is -0.494 e. The second-order valence-electron chi connectivity index (χ2n) is 7.16. The van der Waals surface area contributed by atoms with Crippen LogP contribution in [0.5, 0.6) is 28.7 Å². The van der Waals surface area contributed by atoms with E-state index < -0.39 is 29.4 Å². The van der Waals surface area contributed by atoms with Crippen LogP contribution in [0.4, 0.5) is 0 Å². The molecule has 0 heterocycles. The van der Waals surface area contributed by atoms with Gasteiger partial charge in [-0.2, -0.15) is 0 Å². The first kappa shape index (κ1) is 28.2. The Bertz CT molecular complexity index is 1010. The Labute approximate surface area is 208 Å². The number of carbonyl (C=O) groups excluding carboxylic acids is 1. The van der Waals surface area contributed by atoms with Gasteiger partial charge in [0, 0.05) is 17.5 Å². The number of ether oxygens (including phenoxy) is 5. The van der Waals surface area contributed by atoms with E-state index in [-0.39, 0.29) is 11.5 Å². The summed E-state index contributed by atoms with van der Waals surface area (Å²) in [6.07, 6.45) is 1.70. The molecule has 2 aromatic rings. The Hall–Kier alpha value is -3.08. The Morgan fingerprint density at radius 1 is 1.00 bits per heavy atom. The molecule has 0 bridgehead atoms.